The molecule has 0 atom stereocenters. The summed E-state index contributed by atoms with van der Waals surface area (Å²) in [5.74, 6) is 1.35. The number of ether oxygens (including phenoxy) is 2. The minimum Gasteiger partial charge on any atom is -0.497 e. The van der Waals surface area contributed by atoms with Crippen molar-refractivity contribution in [1.82, 2.24) is 9.97 Å². The Kier molecular flexibility index (Phi) is 3.90. The molecule has 0 unspecified atom stereocenters. The molecule has 0 N–H and O–H groups in total. The second-order valence-corrected chi connectivity index (χ2v) is 6.31. The molecule has 4 heteroatoms. The Balaban J connectivity index is 2.16. The summed E-state index contributed by atoms with van der Waals surface area (Å²) in [6.07, 6.45) is 0. The van der Waals surface area contributed by atoms with Crippen LogP contribution in [0.3, 0.4) is 0 Å². The van der Waals surface area contributed by atoms with Crippen LogP contribution in [-0.4, -0.2) is 22.7 Å². The molecule has 118 valence electrons. The first-order valence-corrected chi connectivity index (χ1v) is 7.56. The van der Waals surface area contributed by atoms with Crippen LogP contribution in [-0.2, 0) is 0 Å². The summed E-state index contributed by atoms with van der Waals surface area (Å²) in [7, 11) is 1.65. The lowest BCUT2D eigenvalue weighted by Gasteiger charge is -2.22. The van der Waals surface area contributed by atoms with E-state index in [2.05, 4.69) is 4.98 Å². The highest BCUT2D eigenvalue weighted by Gasteiger charge is 2.19. The van der Waals surface area contributed by atoms with Crippen LogP contribution in [0.25, 0.3) is 22.3 Å². The Hall–Kier alpha value is -2.62. The van der Waals surface area contributed by atoms with E-state index in [0.717, 1.165) is 28.0 Å². The Morgan fingerprint density at radius 1 is 0.826 bits per heavy atom. The molecule has 0 bridgehead atoms. The highest BCUT2D eigenvalue weighted by molar-refractivity contribution is 5.79. The van der Waals surface area contributed by atoms with Gasteiger partial charge in [-0.1, -0.05) is 12.1 Å². The lowest BCUT2D eigenvalue weighted by atomic mass is 10.1. The lowest BCUT2D eigenvalue weighted by molar-refractivity contribution is 0.125. The van der Waals surface area contributed by atoms with E-state index in [1.165, 1.54) is 0 Å². The quantitative estimate of drug-likeness (QED) is 0.715. The van der Waals surface area contributed by atoms with E-state index in [1.807, 2.05) is 69.3 Å². The van der Waals surface area contributed by atoms with Gasteiger partial charge in [-0.25, -0.2) is 9.97 Å². The summed E-state index contributed by atoms with van der Waals surface area (Å²) in [5, 5.41) is 0. The van der Waals surface area contributed by atoms with Gasteiger partial charge < -0.3 is 9.47 Å². The Bertz CT molecular complexity index is 821. The number of hydrogen-bond acceptors (Lipinski definition) is 4. The zero-order chi connectivity index (χ0) is 16.4. The summed E-state index contributed by atoms with van der Waals surface area (Å²) in [6.45, 7) is 6.00. The average molecular weight is 308 g/mol. The van der Waals surface area contributed by atoms with Crippen molar-refractivity contribution in [1.29, 1.82) is 0 Å². The molecule has 23 heavy (non-hydrogen) atoms. The van der Waals surface area contributed by atoms with Gasteiger partial charge in [-0.3, -0.25) is 0 Å². The maximum atomic E-state index is 6.05. The van der Waals surface area contributed by atoms with Gasteiger partial charge >= 0.3 is 0 Å². The van der Waals surface area contributed by atoms with E-state index < -0.39 is 0 Å². The lowest BCUT2D eigenvalue weighted by Crippen LogP contribution is -2.24. The predicted molar refractivity (Wildman–Crippen MR) is 91.9 cm³/mol. The Labute approximate surface area is 136 Å². The van der Waals surface area contributed by atoms with Crippen molar-refractivity contribution >= 4 is 11.0 Å². The normalized spacial score (nSPS) is 11.5. The summed E-state index contributed by atoms with van der Waals surface area (Å²) in [6, 6.07) is 15.6. The van der Waals surface area contributed by atoms with E-state index in [9.17, 15) is 0 Å². The maximum Gasteiger partial charge on any atom is 0.241 e. The zero-order valence-corrected chi connectivity index (χ0v) is 13.8. The largest absolute Gasteiger partial charge is 0.497 e. The predicted octanol–water partition coefficient (Wildman–Crippen LogP) is 4.48. The third-order valence-electron chi connectivity index (χ3n) is 3.30. The van der Waals surface area contributed by atoms with Gasteiger partial charge in [0.15, 0.2) is 0 Å². The van der Waals surface area contributed by atoms with E-state index in [4.69, 9.17) is 14.5 Å². The molecule has 0 fully saturated rings. The van der Waals surface area contributed by atoms with Crippen LogP contribution in [0, 0.1) is 0 Å². The summed E-state index contributed by atoms with van der Waals surface area (Å²) >= 11 is 0. The van der Waals surface area contributed by atoms with Gasteiger partial charge in [-0.2, -0.15) is 0 Å². The van der Waals surface area contributed by atoms with Crippen LogP contribution in [0.4, 0.5) is 0 Å². The van der Waals surface area contributed by atoms with E-state index in [0.29, 0.717) is 5.88 Å². The van der Waals surface area contributed by atoms with Crippen molar-refractivity contribution in [2.75, 3.05) is 7.11 Å². The fourth-order valence-electron chi connectivity index (χ4n) is 2.28. The summed E-state index contributed by atoms with van der Waals surface area (Å²) in [5.41, 5.74) is 3.01. The molecule has 0 saturated carbocycles. The van der Waals surface area contributed by atoms with Crippen LogP contribution in [0.5, 0.6) is 11.6 Å². The van der Waals surface area contributed by atoms with Crippen molar-refractivity contribution in [3.8, 4) is 22.9 Å². The molecule has 1 aromatic heterocycles. The molecule has 0 amide bonds. The highest BCUT2D eigenvalue weighted by Crippen LogP contribution is 2.31. The standard InChI is InChI=1S/C19H20N2O2/c1-19(2,3)23-18-17(13-9-11-14(22-4)12-10-13)20-15-7-5-6-8-16(15)21-18/h5-12H,1-4H3. The van der Waals surface area contributed by atoms with E-state index in [-0.39, 0.29) is 5.60 Å². The van der Waals surface area contributed by atoms with Gasteiger partial charge in [-0.15, -0.1) is 0 Å². The van der Waals surface area contributed by atoms with Crippen LogP contribution in [0.15, 0.2) is 48.5 Å². The molecule has 1 heterocycles. The minimum absolute atomic E-state index is 0.349. The van der Waals surface area contributed by atoms with Crippen LogP contribution in [0.1, 0.15) is 20.8 Å². The number of nitrogens with zero attached hydrogens (tertiary/aromatic N) is 2. The third kappa shape index (κ3) is 3.42. The molecule has 3 rings (SSSR count). The number of benzene rings is 2. The zero-order valence-electron chi connectivity index (χ0n) is 13.8. The number of para-hydroxylation sites is 2. The van der Waals surface area contributed by atoms with E-state index >= 15 is 0 Å². The maximum absolute atomic E-state index is 6.05. The van der Waals surface area contributed by atoms with Crippen molar-refractivity contribution in [3.63, 3.8) is 0 Å². The number of hydrogen-bond donors (Lipinski definition) is 0. The SMILES string of the molecule is COc1ccc(-c2nc3ccccc3nc2OC(C)(C)C)cc1. The molecule has 0 saturated heterocycles. The molecule has 2 aromatic carbocycles. The highest BCUT2D eigenvalue weighted by atomic mass is 16.5. The first-order valence-electron chi connectivity index (χ1n) is 7.56. The molecular formula is C19H20N2O2. The smallest absolute Gasteiger partial charge is 0.241 e. The summed E-state index contributed by atoms with van der Waals surface area (Å²) in [4.78, 5) is 9.42. The van der Waals surface area contributed by atoms with Gasteiger partial charge in [0.25, 0.3) is 0 Å². The first kappa shape index (κ1) is 15.3. The van der Waals surface area contributed by atoms with Crippen LogP contribution >= 0.6 is 0 Å². The van der Waals surface area contributed by atoms with Gasteiger partial charge in [0, 0.05) is 5.56 Å². The van der Waals surface area contributed by atoms with E-state index in [1.54, 1.807) is 7.11 Å². The first-order chi connectivity index (χ1) is 11.0. The molecule has 0 aliphatic carbocycles. The fourth-order valence-corrected chi connectivity index (χ4v) is 2.28. The molecule has 4 nitrogen and oxygen atoms in total. The van der Waals surface area contributed by atoms with Gasteiger partial charge in [0.1, 0.15) is 17.0 Å². The monoisotopic (exact) mass is 308 g/mol. The number of rotatable bonds is 3. The molecular weight excluding hydrogens is 288 g/mol. The molecule has 3 aromatic rings. The Morgan fingerprint density at radius 2 is 1.43 bits per heavy atom. The number of aromatic nitrogens is 2. The Morgan fingerprint density at radius 3 is 2.00 bits per heavy atom. The van der Waals surface area contributed by atoms with Crippen molar-refractivity contribution in [3.05, 3.63) is 48.5 Å². The molecule has 0 spiro atoms. The topological polar surface area (TPSA) is 44.2 Å². The third-order valence-corrected chi connectivity index (χ3v) is 3.30. The van der Waals surface area contributed by atoms with Crippen LogP contribution in [0.2, 0.25) is 0 Å². The summed E-state index contributed by atoms with van der Waals surface area (Å²) < 4.78 is 11.3. The minimum atomic E-state index is -0.349. The average Bonchev–Trinajstić information content (AvgIpc) is 2.53. The van der Waals surface area contributed by atoms with Crippen LogP contribution < -0.4 is 9.47 Å². The molecule has 0 aliphatic heterocycles. The second kappa shape index (κ2) is 5.88. The molecule has 0 aliphatic rings. The number of fused-ring (bicyclic) bond motifs is 1. The van der Waals surface area contributed by atoms with Crippen molar-refractivity contribution in [2.45, 2.75) is 26.4 Å². The van der Waals surface area contributed by atoms with Crippen molar-refractivity contribution < 1.29 is 9.47 Å². The number of methoxy groups -OCH3 is 1. The van der Waals surface area contributed by atoms with Crippen molar-refractivity contribution in [2.24, 2.45) is 0 Å². The fraction of sp³-hybridized carbons (Fsp3) is 0.263. The molecule has 0 radical (unpaired) electrons. The van der Waals surface area contributed by atoms with Gasteiger partial charge in [-0.05, 0) is 57.2 Å². The second-order valence-electron chi connectivity index (χ2n) is 6.31. The van der Waals surface area contributed by atoms with Gasteiger partial charge in [0.05, 0.1) is 18.1 Å². The van der Waals surface area contributed by atoms with Gasteiger partial charge in [0.2, 0.25) is 5.88 Å².